The number of esters is 1. The number of amidine groups is 1. The van der Waals surface area contributed by atoms with Gasteiger partial charge in [0.2, 0.25) is 5.91 Å². The Morgan fingerprint density at radius 1 is 1.30 bits per heavy atom. The molecule has 1 atom stereocenters. The summed E-state index contributed by atoms with van der Waals surface area (Å²) in [6.07, 6.45) is 0.186. The van der Waals surface area contributed by atoms with Crippen LogP contribution < -0.4 is 10.1 Å². The van der Waals surface area contributed by atoms with E-state index in [0.717, 1.165) is 16.4 Å². The number of amides is 1. The van der Waals surface area contributed by atoms with Crippen LogP contribution in [0.15, 0.2) is 51.6 Å². The number of nitrogens with zero attached hydrogens (tertiary/aromatic N) is 2. The van der Waals surface area contributed by atoms with Crippen molar-refractivity contribution in [2.75, 3.05) is 13.7 Å². The molecule has 3 rings (SSSR count). The molecule has 0 saturated carbocycles. The molecule has 1 amide bonds. The first-order valence-corrected chi connectivity index (χ1v) is 10.8. The highest BCUT2D eigenvalue weighted by molar-refractivity contribution is 8.16. The van der Waals surface area contributed by atoms with Crippen LogP contribution in [0.5, 0.6) is 5.75 Å². The maximum absolute atomic E-state index is 12.9. The van der Waals surface area contributed by atoms with E-state index in [-0.39, 0.29) is 25.0 Å². The first-order valence-electron chi connectivity index (χ1n) is 9.91. The summed E-state index contributed by atoms with van der Waals surface area (Å²) in [7, 11) is 1.60. The molecule has 0 radical (unpaired) electrons. The maximum Gasteiger partial charge on any atom is 0.338 e. The van der Waals surface area contributed by atoms with E-state index in [9.17, 15) is 9.59 Å². The smallest absolute Gasteiger partial charge is 0.338 e. The highest BCUT2D eigenvalue weighted by atomic mass is 32.2. The predicted octanol–water partition coefficient (Wildman–Crippen LogP) is 3.75. The van der Waals surface area contributed by atoms with Gasteiger partial charge in [-0.1, -0.05) is 30.0 Å². The number of para-hydroxylation sites is 1. The van der Waals surface area contributed by atoms with Crippen LogP contribution in [0.25, 0.3) is 0 Å². The number of thioether (sulfide) groups is 1. The van der Waals surface area contributed by atoms with Crippen molar-refractivity contribution in [2.24, 2.45) is 4.99 Å². The molecule has 160 valence electrons. The van der Waals surface area contributed by atoms with Gasteiger partial charge in [0, 0.05) is 17.3 Å². The lowest BCUT2D eigenvalue weighted by atomic mass is 9.93. The number of benzene rings is 1. The van der Waals surface area contributed by atoms with E-state index in [4.69, 9.17) is 9.47 Å². The highest BCUT2D eigenvalue weighted by Gasteiger charge is 2.42. The Balaban J connectivity index is 2.08. The number of hydrogen-bond donors (Lipinski definition) is 1. The van der Waals surface area contributed by atoms with Crippen LogP contribution in [0.4, 0.5) is 0 Å². The SMILES string of the molecule is CCOC(=O)C1=C(C)N=C2SC=C(CC(=O)NC(C)C)N2[C@H]1c1ccccc1OC. The third-order valence-corrected chi connectivity index (χ3v) is 5.61. The van der Waals surface area contributed by atoms with Crippen LogP contribution in [0.1, 0.15) is 45.7 Å². The number of methoxy groups -OCH3 is 1. The summed E-state index contributed by atoms with van der Waals surface area (Å²) >= 11 is 1.44. The van der Waals surface area contributed by atoms with Crippen LogP contribution in [0.2, 0.25) is 0 Å². The van der Waals surface area contributed by atoms with Gasteiger partial charge in [0.05, 0.1) is 37.4 Å². The fourth-order valence-corrected chi connectivity index (χ4v) is 4.53. The number of allylic oxidation sites excluding steroid dienone is 1. The second kappa shape index (κ2) is 9.38. The first kappa shape index (κ1) is 22.0. The number of nitrogens with one attached hydrogen (secondary N) is 1. The van der Waals surface area contributed by atoms with Crippen molar-refractivity contribution in [3.63, 3.8) is 0 Å². The molecule has 30 heavy (non-hydrogen) atoms. The molecule has 0 saturated heterocycles. The van der Waals surface area contributed by atoms with E-state index >= 15 is 0 Å². The monoisotopic (exact) mass is 429 g/mol. The largest absolute Gasteiger partial charge is 0.496 e. The standard InChI is InChI=1S/C22H27N3O4S/c1-6-29-21(27)19-14(4)24-22-25(15(12-30-22)11-18(26)23-13(2)3)20(19)16-9-7-8-10-17(16)28-5/h7-10,12-13,20H,6,11H2,1-5H3,(H,23,26)/t20-/m0/s1. The average molecular weight is 430 g/mol. The van der Waals surface area contributed by atoms with Crippen molar-refractivity contribution in [1.29, 1.82) is 0 Å². The summed E-state index contributed by atoms with van der Waals surface area (Å²) in [5.74, 6) is 0.152. The summed E-state index contributed by atoms with van der Waals surface area (Å²) in [6.45, 7) is 7.69. The Labute approximate surface area is 181 Å². The molecule has 2 aliphatic heterocycles. The van der Waals surface area contributed by atoms with Crippen molar-refractivity contribution in [1.82, 2.24) is 10.2 Å². The number of aliphatic imine (C=N–C) groups is 1. The van der Waals surface area contributed by atoms with Crippen molar-refractivity contribution >= 4 is 28.8 Å². The van der Waals surface area contributed by atoms with Gasteiger partial charge in [0.1, 0.15) is 5.75 Å². The third-order valence-electron chi connectivity index (χ3n) is 4.72. The fraction of sp³-hybridized carbons (Fsp3) is 0.409. The highest BCUT2D eigenvalue weighted by Crippen LogP contribution is 2.46. The summed E-state index contributed by atoms with van der Waals surface area (Å²) in [4.78, 5) is 32.0. The van der Waals surface area contributed by atoms with Gasteiger partial charge in [-0.3, -0.25) is 4.79 Å². The predicted molar refractivity (Wildman–Crippen MR) is 118 cm³/mol. The van der Waals surface area contributed by atoms with Crippen molar-refractivity contribution in [3.05, 3.63) is 52.2 Å². The molecule has 8 heteroatoms. The van der Waals surface area contributed by atoms with Gasteiger partial charge < -0.3 is 19.7 Å². The van der Waals surface area contributed by atoms with Gasteiger partial charge in [-0.25, -0.2) is 9.79 Å². The minimum atomic E-state index is -0.499. The lowest BCUT2D eigenvalue weighted by Gasteiger charge is -2.36. The zero-order chi connectivity index (χ0) is 21.8. The molecular weight excluding hydrogens is 402 g/mol. The summed E-state index contributed by atoms with van der Waals surface area (Å²) in [5, 5.41) is 5.57. The van der Waals surface area contributed by atoms with E-state index in [0.29, 0.717) is 17.0 Å². The van der Waals surface area contributed by atoms with Gasteiger partial charge in [-0.15, -0.1) is 0 Å². The summed E-state index contributed by atoms with van der Waals surface area (Å²) in [6, 6.07) is 7.11. The number of carbonyl (C=O) groups excluding carboxylic acids is 2. The molecule has 1 N–H and O–H groups in total. The Hall–Kier alpha value is -2.74. The Morgan fingerprint density at radius 2 is 2.03 bits per heavy atom. The number of carbonyl (C=O) groups is 2. The second-order valence-electron chi connectivity index (χ2n) is 7.25. The van der Waals surface area contributed by atoms with E-state index in [1.54, 1.807) is 14.0 Å². The minimum Gasteiger partial charge on any atom is -0.496 e. The van der Waals surface area contributed by atoms with Crippen LogP contribution >= 0.6 is 11.8 Å². The molecule has 7 nitrogen and oxygen atoms in total. The molecule has 0 spiro atoms. The molecule has 0 bridgehead atoms. The Kier molecular flexibility index (Phi) is 6.87. The molecular formula is C22H27N3O4S. The third kappa shape index (κ3) is 4.38. The zero-order valence-corrected chi connectivity index (χ0v) is 18.7. The van der Waals surface area contributed by atoms with Crippen molar-refractivity contribution in [3.8, 4) is 5.75 Å². The lowest BCUT2D eigenvalue weighted by Crippen LogP contribution is -2.39. The van der Waals surface area contributed by atoms with Gasteiger partial charge in [0.15, 0.2) is 5.17 Å². The van der Waals surface area contributed by atoms with Gasteiger partial charge >= 0.3 is 5.97 Å². The molecule has 0 unspecified atom stereocenters. The molecule has 1 aromatic carbocycles. The zero-order valence-electron chi connectivity index (χ0n) is 17.9. The molecule has 0 aliphatic carbocycles. The first-order chi connectivity index (χ1) is 14.4. The van der Waals surface area contributed by atoms with Crippen LogP contribution in [0, 0.1) is 0 Å². The van der Waals surface area contributed by atoms with Crippen LogP contribution in [0.3, 0.4) is 0 Å². The average Bonchev–Trinajstić information content (AvgIpc) is 3.08. The topological polar surface area (TPSA) is 80.2 Å². The van der Waals surface area contributed by atoms with Gasteiger partial charge in [0.25, 0.3) is 0 Å². The fourth-order valence-electron chi connectivity index (χ4n) is 3.56. The molecule has 0 fully saturated rings. The molecule has 0 aromatic heterocycles. The lowest BCUT2D eigenvalue weighted by molar-refractivity contribution is -0.139. The molecule has 2 heterocycles. The number of ether oxygens (including phenoxy) is 2. The van der Waals surface area contributed by atoms with E-state index < -0.39 is 12.0 Å². The molecule has 1 aromatic rings. The van der Waals surface area contributed by atoms with Crippen LogP contribution in [-0.4, -0.2) is 41.7 Å². The normalized spacial score (nSPS) is 18.1. The van der Waals surface area contributed by atoms with Gasteiger partial charge in [-0.2, -0.15) is 0 Å². The quantitative estimate of drug-likeness (QED) is 0.665. The van der Waals surface area contributed by atoms with Crippen molar-refractivity contribution < 1.29 is 19.1 Å². The van der Waals surface area contributed by atoms with Crippen LogP contribution in [-0.2, 0) is 14.3 Å². The van der Waals surface area contributed by atoms with E-state index in [2.05, 4.69) is 10.3 Å². The Bertz CT molecular complexity index is 936. The number of rotatable bonds is 7. The second-order valence-corrected chi connectivity index (χ2v) is 8.09. The van der Waals surface area contributed by atoms with E-state index in [1.165, 1.54) is 11.8 Å². The maximum atomic E-state index is 12.9. The summed E-state index contributed by atoms with van der Waals surface area (Å²) in [5.41, 5.74) is 2.64. The molecule has 2 aliphatic rings. The van der Waals surface area contributed by atoms with Gasteiger partial charge in [-0.05, 0) is 39.2 Å². The number of fused-ring (bicyclic) bond motifs is 1. The summed E-state index contributed by atoms with van der Waals surface area (Å²) < 4.78 is 10.9. The van der Waals surface area contributed by atoms with Crippen molar-refractivity contribution in [2.45, 2.75) is 46.2 Å². The number of hydrogen-bond acceptors (Lipinski definition) is 7. The minimum absolute atomic E-state index is 0.0453. The van der Waals surface area contributed by atoms with E-state index in [1.807, 2.05) is 55.3 Å². The Morgan fingerprint density at radius 3 is 2.70 bits per heavy atom.